The highest BCUT2D eigenvalue weighted by molar-refractivity contribution is 14.1. The smallest absolute Gasteiger partial charge is 0.416 e. The Morgan fingerprint density at radius 1 is 1.59 bits per heavy atom. The van der Waals surface area contributed by atoms with Crippen LogP contribution in [0.1, 0.15) is 13.8 Å². The Balaban J connectivity index is 2.36. The Bertz CT molecular complexity index is 393. The number of carbonyl (C=O) groups is 2. The van der Waals surface area contributed by atoms with E-state index < -0.39 is 17.7 Å². The molecule has 0 saturated carbocycles. The van der Waals surface area contributed by atoms with Crippen LogP contribution in [0.25, 0.3) is 0 Å². The molecule has 0 aromatic heterocycles. The lowest BCUT2D eigenvalue weighted by atomic mass is 9.74. The second-order valence-electron chi connectivity index (χ2n) is 4.71. The zero-order chi connectivity index (χ0) is 12.8. The zero-order valence-electron chi connectivity index (χ0n) is 9.84. The topological polar surface area (TPSA) is 55.8 Å². The van der Waals surface area contributed by atoms with Gasteiger partial charge in [-0.05, 0) is 13.8 Å². The number of allylic oxidation sites excluding steroid dienone is 1. The highest BCUT2D eigenvalue weighted by Gasteiger charge is 2.53. The van der Waals surface area contributed by atoms with Crippen LogP contribution >= 0.6 is 22.6 Å². The van der Waals surface area contributed by atoms with E-state index in [2.05, 4.69) is 27.3 Å². The summed E-state index contributed by atoms with van der Waals surface area (Å²) in [6, 6.07) is 0. The molecule has 3 atom stereocenters. The summed E-state index contributed by atoms with van der Waals surface area (Å²) in [5, 5.41) is 0. The predicted octanol–water partition coefficient (Wildman–Crippen LogP) is 1.91. The molecule has 94 valence electrons. The van der Waals surface area contributed by atoms with E-state index in [1.165, 1.54) is 12.0 Å². The molecule has 6 heteroatoms. The van der Waals surface area contributed by atoms with Gasteiger partial charge in [0.1, 0.15) is 0 Å². The Kier molecular flexibility index (Phi) is 3.09. The summed E-state index contributed by atoms with van der Waals surface area (Å²) in [6.45, 7) is 3.72. The summed E-state index contributed by atoms with van der Waals surface area (Å²) in [6.07, 6.45) is 2.44. The van der Waals surface area contributed by atoms with E-state index in [1.807, 2.05) is 19.9 Å². The van der Waals surface area contributed by atoms with Crippen molar-refractivity contribution < 1.29 is 19.1 Å². The Morgan fingerprint density at radius 2 is 2.24 bits per heavy atom. The van der Waals surface area contributed by atoms with Gasteiger partial charge in [0.25, 0.3) is 0 Å². The van der Waals surface area contributed by atoms with E-state index in [9.17, 15) is 9.59 Å². The summed E-state index contributed by atoms with van der Waals surface area (Å²) in [7, 11) is 1.30. The lowest BCUT2D eigenvalue weighted by molar-refractivity contribution is -0.180. The largest absolute Gasteiger partial charge is 0.452 e. The fraction of sp³-hybridized carbons (Fsp3) is 0.636. The molecular formula is C11H14INO4. The molecule has 1 amide bonds. The predicted molar refractivity (Wildman–Crippen MR) is 68.3 cm³/mol. The second-order valence-corrected chi connectivity index (χ2v) is 6.14. The quantitative estimate of drug-likeness (QED) is 0.380. The average molecular weight is 351 g/mol. The number of methoxy groups -OCH3 is 1. The summed E-state index contributed by atoms with van der Waals surface area (Å²) in [5.74, 6) is -0.214. The molecule has 5 nitrogen and oxygen atoms in total. The van der Waals surface area contributed by atoms with Crippen LogP contribution < -0.4 is 0 Å². The number of hydrogen-bond donors (Lipinski definition) is 0. The molecule has 1 fully saturated rings. The maximum atomic E-state index is 11.9. The maximum Gasteiger partial charge on any atom is 0.416 e. The number of carbonyl (C=O) groups excluding carboxylic acids is 2. The van der Waals surface area contributed by atoms with Gasteiger partial charge < -0.3 is 9.47 Å². The third-order valence-corrected chi connectivity index (χ3v) is 4.71. The van der Waals surface area contributed by atoms with Gasteiger partial charge in [-0.2, -0.15) is 0 Å². The van der Waals surface area contributed by atoms with Crippen LogP contribution in [0.4, 0.5) is 4.79 Å². The second kappa shape index (κ2) is 4.15. The van der Waals surface area contributed by atoms with Crippen molar-refractivity contribution in [3.05, 3.63) is 12.3 Å². The Hall–Kier alpha value is -0.790. The van der Waals surface area contributed by atoms with Crippen molar-refractivity contribution in [1.29, 1.82) is 0 Å². The first-order valence-corrected chi connectivity index (χ1v) is 6.54. The van der Waals surface area contributed by atoms with Gasteiger partial charge in [-0.3, -0.25) is 4.79 Å². The molecule has 0 N–H and O–H groups in total. The highest BCUT2D eigenvalue weighted by Crippen LogP contribution is 2.45. The Morgan fingerprint density at radius 3 is 2.82 bits per heavy atom. The van der Waals surface area contributed by atoms with Crippen LogP contribution in [0.5, 0.6) is 0 Å². The SMILES string of the molecule is COC(=O)N1C=CC2[C@H](I)C1OC(=O)C2(C)C. The molecule has 1 saturated heterocycles. The van der Waals surface area contributed by atoms with Crippen LogP contribution in [0.15, 0.2) is 12.3 Å². The monoisotopic (exact) mass is 351 g/mol. The third-order valence-electron chi connectivity index (χ3n) is 3.32. The number of amides is 1. The molecule has 2 aliphatic heterocycles. The zero-order valence-corrected chi connectivity index (χ0v) is 12.0. The fourth-order valence-corrected chi connectivity index (χ4v) is 3.77. The number of esters is 1. The normalized spacial score (nSPS) is 34.2. The van der Waals surface area contributed by atoms with Gasteiger partial charge in [0, 0.05) is 12.1 Å². The van der Waals surface area contributed by atoms with Gasteiger partial charge in [0.2, 0.25) is 0 Å². The van der Waals surface area contributed by atoms with Crippen molar-refractivity contribution in [3.63, 3.8) is 0 Å². The van der Waals surface area contributed by atoms with Crippen molar-refractivity contribution in [2.24, 2.45) is 11.3 Å². The molecule has 17 heavy (non-hydrogen) atoms. The maximum absolute atomic E-state index is 11.9. The fourth-order valence-electron chi connectivity index (χ4n) is 2.14. The first kappa shape index (κ1) is 12.7. The number of alkyl halides is 1. The third kappa shape index (κ3) is 1.82. The van der Waals surface area contributed by atoms with Crippen LogP contribution in [0.3, 0.4) is 0 Å². The minimum atomic E-state index is -0.571. The number of nitrogens with zero attached hydrogens (tertiary/aromatic N) is 1. The van der Waals surface area contributed by atoms with Crippen LogP contribution in [0, 0.1) is 11.3 Å². The van der Waals surface area contributed by atoms with E-state index in [1.54, 1.807) is 6.20 Å². The molecule has 0 aromatic carbocycles. The molecular weight excluding hydrogens is 337 g/mol. The lowest BCUT2D eigenvalue weighted by Gasteiger charge is -2.47. The van der Waals surface area contributed by atoms with Gasteiger partial charge in [0.05, 0.1) is 16.4 Å². The molecule has 0 aliphatic carbocycles. The minimum absolute atomic E-state index is 0.0319. The van der Waals surface area contributed by atoms with Gasteiger partial charge in [-0.15, -0.1) is 0 Å². The van der Waals surface area contributed by atoms with Crippen LogP contribution in [0.2, 0.25) is 0 Å². The summed E-state index contributed by atoms with van der Waals surface area (Å²) >= 11 is 2.22. The van der Waals surface area contributed by atoms with Gasteiger partial charge >= 0.3 is 12.1 Å². The molecule has 0 radical (unpaired) electrons. The molecule has 2 rings (SSSR count). The summed E-state index contributed by atoms with van der Waals surface area (Å²) < 4.78 is 10.0. The van der Waals surface area contributed by atoms with Crippen LogP contribution in [-0.4, -0.2) is 34.2 Å². The van der Waals surface area contributed by atoms with E-state index in [0.717, 1.165) is 0 Å². The van der Waals surface area contributed by atoms with Crippen molar-refractivity contribution in [1.82, 2.24) is 4.90 Å². The van der Waals surface area contributed by atoms with E-state index in [0.29, 0.717) is 0 Å². The number of rotatable bonds is 0. The Labute approximate surface area is 113 Å². The van der Waals surface area contributed by atoms with Gasteiger partial charge in [-0.1, -0.05) is 28.7 Å². The van der Waals surface area contributed by atoms with Gasteiger partial charge in [-0.25, -0.2) is 9.69 Å². The van der Waals surface area contributed by atoms with Crippen molar-refractivity contribution in [2.45, 2.75) is 24.0 Å². The van der Waals surface area contributed by atoms with Gasteiger partial charge in [0.15, 0.2) is 6.23 Å². The number of fused-ring (bicyclic) bond motifs is 2. The first-order valence-electron chi connectivity index (χ1n) is 5.29. The van der Waals surface area contributed by atoms with Crippen molar-refractivity contribution in [3.8, 4) is 0 Å². The molecule has 2 heterocycles. The van der Waals surface area contributed by atoms with E-state index >= 15 is 0 Å². The standard InChI is InChI=1S/C11H14INO4/c1-11(2)6-4-5-13(10(15)16-3)8(7(6)12)17-9(11)14/h4-8H,1-3H3/t6?,7-,8?/m0/s1. The molecule has 0 spiro atoms. The lowest BCUT2D eigenvalue weighted by Crippen LogP contribution is -2.59. The number of hydrogen-bond acceptors (Lipinski definition) is 4. The first-order chi connectivity index (χ1) is 7.89. The number of halogens is 1. The molecule has 0 aromatic rings. The minimum Gasteiger partial charge on any atom is -0.452 e. The molecule has 2 unspecified atom stereocenters. The summed E-state index contributed by atoms with van der Waals surface area (Å²) in [5.41, 5.74) is -0.554. The highest BCUT2D eigenvalue weighted by atomic mass is 127. The van der Waals surface area contributed by atoms with Crippen LogP contribution in [-0.2, 0) is 14.3 Å². The summed E-state index contributed by atoms with van der Waals surface area (Å²) in [4.78, 5) is 24.8. The average Bonchev–Trinajstić information content (AvgIpc) is 2.28. The number of ether oxygens (including phenoxy) is 2. The van der Waals surface area contributed by atoms with Crippen molar-refractivity contribution in [2.75, 3.05) is 7.11 Å². The molecule has 2 bridgehead atoms. The van der Waals surface area contributed by atoms with E-state index in [-0.39, 0.29) is 15.8 Å². The van der Waals surface area contributed by atoms with Crippen molar-refractivity contribution >= 4 is 34.7 Å². The molecule has 2 aliphatic rings. The van der Waals surface area contributed by atoms with E-state index in [4.69, 9.17) is 4.74 Å².